The molecular formula is C26H33N5O7. The maximum Gasteiger partial charge on any atom is 0.408 e. The molecule has 0 saturated heterocycles. The van der Waals surface area contributed by atoms with Crippen molar-refractivity contribution in [3.8, 4) is 0 Å². The fraction of sp³-hybridized carbons (Fsp3) is 0.462. The van der Waals surface area contributed by atoms with Crippen molar-refractivity contribution in [3.05, 3.63) is 53.7 Å². The fourth-order valence-electron chi connectivity index (χ4n) is 3.80. The molecule has 2 aromatic rings. The van der Waals surface area contributed by atoms with Gasteiger partial charge in [-0.2, -0.15) is 0 Å². The van der Waals surface area contributed by atoms with Crippen molar-refractivity contribution in [1.29, 1.82) is 0 Å². The number of carbonyl (C=O) groups excluding carboxylic acids is 5. The van der Waals surface area contributed by atoms with Gasteiger partial charge in [-0.25, -0.2) is 9.78 Å². The molecule has 3 atom stereocenters. The monoisotopic (exact) mass is 527 g/mol. The lowest BCUT2D eigenvalue weighted by Gasteiger charge is -2.28. The average Bonchev–Trinajstić information content (AvgIpc) is 3.35. The molecule has 3 unspecified atom stereocenters. The molecule has 2 bridgehead atoms. The van der Waals surface area contributed by atoms with E-state index < -0.39 is 47.7 Å². The van der Waals surface area contributed by atoms with E-state index in [1.54, 1.807) is 39.8 Å². The molecule has 3 rings (SSSR count). The molecule has 4 N–H and O–H groups in total. The fourth-order valence-corrected chi connectivity index (χ4v) is 3.80. The summed E-state index contributed by atoms with van der Waals surface area (Å²) in [6, 6.07) is 5.83. The summed E-state index contributed by atoms with van der Waals surface area (Å²) in [4.78, 5) is 67.6. The molecule has 2 heterocycles. The number of ketones is 1. The van der Waals surface area contributed by atoms with Gasteiger partial charge in [-0.3, -0.25) is 19.2 Å². The first-order valence-electron chi connectivity index (χ1n) is 12.4. The Labute approximate surface area is 220 Å². The number of fused-ring (bicyclic) bond motifs is 2. The van der Waals surface area contributed by atoms with Crippen molar-refractivity contribution >= 4 is 29.6 Å². The normalized spacial score (nSPS) is 16.9. The number of amides is 4. The van der Waals surface area contributed by atoms with Gasteiger partial charge in [0.05, 0.1) is 12.7 Å². The molecule has 0 radical (unpaired) electrons. The van der Waals surface area contributed by atoms with E-state index >= 15 is 0 Å². The van der Waals surface area contributed by atoms with Crippen LogP contribution in [0.25, 0.3) is 0 Å². The minimum absolute atomic E-state index is 0.0335. The van der Waals surface area contributed by atoms with Crippen LogP contribution >= 0.6 is 0 Å². The van der Waals surface area contributed by atoms with Gasteiger partial charge < -0.3 is 30.4 Å². The SMILES string of the molecule is CC(C)C(NC(=O)OCc1ccccc1)C(=O)NC(C(=O)NC1Cc2cnc(o2)CNC(=O)C1=O)C(C)C. The molecule has 0 spiro atoms. The highest BCUT2D eigenvalue weighted by Gasteiger charge is 2.35. The van der Waals surface area contributed by atoms with Gasteiger partial charge in [-0.1, -0.05) is 58.0 Å². The van der Waals surface area contributed by atoms with Crippen molar-refractivity contribution in [2.24, 2.45) is 11.8 Å². The molecule has 1 aromatic carbocycles. The van der Waals surface area contributed by atoms with Crippen LogP contribution in [-0.4, -0.2) is 52.7 Å². The number of hydrogen-bond donors (Lipinski definition) is 4. The first-order chi connectivity index (χ1) is 18.0. The number of nitrogens with zero attached hydrogens (tertiary/aromatic N) is 1. The Kier molecular flexibility index (Phi) is 9.58. The third kappa shape index (κ3) is 7.64. The molecule has 1 aliphatic rings. The number of rotatable bonds is 9. The van der Waals surface area contributed by atoms with Gasteiger partial charge in [-0.15, -0.1) is 0 Å². The van der Waals surface area contributed by atoms with Crippen LogP contribution in [0.15, 0.2) is 40.9 Å². The van der Waals surface area contributed by atoms with Gasteiger partial charge in [0, 0.05) is 6.42 Å². The van der Waals surface area contributed by atoms with E-state index in [2.05, 4.69) is 26.3 Å². The molecule has 12 nitrogen and oxygen atoms in total. The maximum absolute atomic E-state index is 13.2. The van der Waals surface area contributed by atoms with E-state index in [1.165, 1.54) is 6.20 Å². The van der Waals surface area contributed by atoms with E-state index in [9.17, 15) is 24.0 Å². The lowest BCUT2D eigenvalue weighted by Crippen LogP contribution is -2.59. The zero-order valence-electron chi connectivity index (χ0n) is 21.8. The Balaban J connectivity index is 1.65. The van der Waals surface area contributed by atoms with Crippen molar-refractivity contribution in [2.45, 2.75) is 65.4 Å². The number of carbonyl (C=O) groups is 5. The van der Waals surface area contributed by atoms with Crippen molar-refractivity contribution in [2.75, 3.05) is 0 Å². The lowest BCUT2D eigenvalue weighted by molar-refractivity contribution is -0.140. The summed E-state index contributed by atoms with van der Waals surface area (Å²) in [5.41, 5.74) is 0.791. The smallest absolute Gasteiger partial charge is 0.408 e. The number of aromatic nitrogens is 1. The van der Waals surface area contributed by atoms with E-state index in [0.717, 1.165) is 5.56 Å². The number of Topliss-reactive ketones (excluding diaryl/α,β-unsaturated/α-hetero) is 1. The minimum atomic E-state index is -1.22. The van der Waals surface area contributed by atoms with Crippen LogP contribution in [0.1, 0.15) is 44.9 Å². The molecule has 4 amide bonds. The van der Waals surface area contributed by atoms with Gasteiger partial charge in [0.25, 0.3) is 5.91 Å². The molecule has 12 heteroatoms. The second-order valence-corrected chi connectivity index (χ2v) is 9.69. The summed E-state index contributed by atoms with van der Waals surface area (Å²) in [7, 11) is 0. The Morgan fingerprint density at radius 2 is 1.68 bits per heavy atom. The maximum atomic E-state index is 13.2. The van der Waals surface area contributed by atoms with Crippen molar-refractivity contribution in [3.63, 3.8) is 0 Å². The Morgan fingerprint density at radius 1 is 1.03 bits per heavy atom. The predicted octanol–water partition coefficient (Wildman–Crippen LogP) is 0.993. The molecule has 204 valence electrons. The van der Waals surface area contributed by atoms with Crippen LogP contribution in [0.5, 0.6) is 0 Å². The zero-order valence-corrected chi connectivity index (χ0v) is 21.8. The van der Waals surface area contributed by atoms with Crippen LogP contribution < -0.4 is 21.3 Å². The summed E-state index contributed by atoms with van der Waals surface area (Å²) in [5.74, 6) is -3.10. The van der Waals surface area contributed by atoms with E-state index in [0.29, 0.717) is 5.76 Å². The Hall–Kier alpha value is -4.22. The first kappa shape index (κ1) is 28.4. The van der Waals surface area contributed by atoms with Crippen LogP contribution in [0.2, 0.25) is 0 Å². The van der Waals surface area contributed by atoms with Crippen molar-refractivity contribution < 1.29 is 33.1 Å². The van der Waals surface area contributed by atoms with E-state index in [4.69, 9.17) is 9.15 Å². The standard InChI is InChI=1S/C26H33N5O7/c1-14(2)20(23(33)29-18-10-17-11-27-19(38-17)12-28-25(35)22(18)32)30-24(34)21(15(3)4)31-26(36)37-13-16-8-6-5-7-9-16/h5-9,11,14-15,18,20-21H,10,12-13H2,1-4H3,(H,28,35)(H,29,33)(H,30,34)(H,31,36). The van der Waals surface area contributed by atoms with Gasteiger partial charge in [0.1, 0.15) is 30.5 Å². The second-order valence-electron chi connectivity index (χ2n) is 9.69. The number of benzene rings is 1. The topological polar surface area (TPSA) is 169 Å². The molecule has 38 heavy (non-hydrogen) atoms. The molecule has 1 aromatic heterocycles. The number of oxazole rings is 1. The predicted molar refractivity (Wildman–Crippen MR) is 134 cm³/mol. The van der Waals surface area contributed by atoms with E-state index in [-0.39, 0.29) is 37.3 Å². The molecule has 0 aliphatic carbocycles. The van der Waals surface area contributed by atoms with Crippen LogP contribution in [0.3, 0.4) is 0 Å². The van der Waals surface area contributed by atoms with Gasteiger partial charge >= 0.3 is 6.09 Å². The zero-order chi connectivity index (χ0) is 27.8. The molecule has 0 fully saturated rings. The largest absolute Gasteiger partial charge is 0.445 e. The first-order valence-corrected chi connectivity index (χ1v) is 12.4. The number of hydrogen-bond acceptors (Lipinski definition) is 8. The minimum Gasteiger partial charge on any atom is -0.445 e. The van der Waals surface area contributed by atoms with Gasteiger partial charge in [0.15, 0.2) is 0 Å². The van der Waals surface area contributed by atoms with Crippen LogP contribution in [0, 0.1) is 11.8 Å². The third-order valence-electron chi connectivity index (χ3n) is 5.95. The number of ether oxygens (including phenoxy) is 1. The van der Waals surface area contributed by atoms with Crippen LogP contribution in [-0.2, 0) is 43.5 Å². The molecule has 0 saturated carbocycles. The highest BCUT2D eigenvalue weighted by molar-refractivity contribution is 6.38. The summed E-state index contributed by atoms with van der Waals surface area (Å²) in [5, 5.41) is 10.2. The highest BCUT2D eigenvalue weighted by Crippen LogP contribution is 2.12. The van der Waals surface area contributed by atoms with Crippen molar-refractivity contribution in [1.82, 2.24) is 26.3 Å². The Bertz CT molecular complexity index is 1160. The molecular weight excluding hydrogens is 494 g/mol. The quantitative estimate of drug-likeness (QED) is 0.350. The number of alkyl carbamates (subject to hydrolysis) is 1. The number of nitrogens with one attached hydrogen (secondary N) is 4. The van der Waals surface area contributed by atoms with Gasteiger partial charge in [-0.05, 0) is 17.4 Å². The Morgan fingerprint density at radius 3 is 2.34 bits per heavy atom. The summed E-state index contributed by atoms with van der Waals surface area (Å²) in [6.07, 6.45) is 0.575. The van der Waals surface area contributed by atoms with Gasteiger partial charge in [0.2, 0.25) is 23.5 Å². The summed E-state index contributed by atoms with van der Waals surface area (Å²) < 4.78 is 10.7. The summed E-state index contributed by atoms with van der Waals surface area (Å²) in [6.45, 7) is 6.91. The second kappa shape index (κ2) is 12.8. The average molecular weight is 528 g/mol. The lowest BCUT2D eigenvalue weighted by atomic mass is 9.98. The van der Waals surface area contributed by atoms with E-state index in [1.807, 2.05) is 18.2 Å². The third-order valence-corrected chi connectivity index (χ3v) is 5.95. The van der Waals surface area contributed by atoms with Crippen LogP contribution in [0.4, 0.5) is 4.79 Å². The molecule has 1 aliphatic heterocycles. The summed E-state index contributed by atoms with van der Waals surface area (Å²) >= 11 is 0. The highest BCUT2D eigenvalue weighted by atomic mass is 16.5.